The number of hydrazone groups is 1. The summed E-state index contributed by atoms with van der Waals surface area (Å²) in [6, 6.07) is 9.66. The van der Waals surface area contributed by atoms with Crippen LogP contribution in [0.15, 0.2) is 51.4 Å². The number of hydrogen-bond acceptors (Lipinski definition) is 5. The standard InChI is InChI=1S/C15H14BrN3O2S/c16-13-7-14(22-10-13)9-18-17-8-12-3-1-11(2-4-12)5-6-15(20)19-21/h1-7,9-10,17,21H,8H2,(H,19,20)/b6-5+,18-9+. The molecule has 22 heavy (non-hydrogen) atoms. The van der Waals surface area contributed by atoms with Crippen molar-refractivity contribution in [3.05, 3.63) is 62.3 Å². The molecule has 0 saturated carbocycles. The molecule has 1 heterocycles. The number of carbonyl (C=O) groups excluding carboxylic acids is 1. The van der Waals surface area contributed by atoms with E-state index in [4.69, 9.17) is 5.21 Å². The fourth-order valence-corrected chi connectivity index (χ4v) is 2.90. The minimum Gasteiger partial charge on any atom is -0.306 e. The topological polar surface area (TPSA) is 73.7 Å². The number of nitrogens with zero attached hydrogens (tertiary/aromatic N) is 1. The molecule has 1 aromatic carbocycles. The van der Waals surface area contributed by atoms with Crippen molar-refractivity contribution in [3.63, 3.8) is 0 Å². The first-order valence-electron chi connectivity index (χ1n) is 6.38. The Morgan fingerprint density at radius 3 is 2.77 bits per heavy atom. The molecule has 0 saturated heterocycles. The molecule has 1 aromatic heterocycles. The zero-order valence-corrected chi connectivity index (χ0v) is 13.9. The molecule has 0 aliphatic rings. The van der Waals surface area contributed by atoms with Gasteiger partial charge >= 0.3 is 0 Å². The average molecular weight is 380 g/mol. The monoisotopic (exact) mass is 379 g/mol. The lowest BCUT2D eigenvalue weighted by atomic mass is 10.1. The number of nitrogens with one attached hydrogen (secondary N) is 2. The Kier molecular flexibility index (Phi) is 6.32. The van der Waals surface area contributed by atoms with Crippen molar-refractivity contribution in [2.45, 2.75) is 6.54 Å². The van der Waals surface area contributed by atoms with Gasteiger partial charge in [0.15, 0.2) is 0 Å². The van der Waals surface area contributed by atoms with E-state index in [9.17, 15) is 4.79 Å². The van der Waals surface area contributed by atoms with Gasteiger partial charge in [-0.3, -0.25) is 10.0 Å². The third-order valence-electron chi connectivity index (χ3n) is 2.67. The summed E-state index contributed by atoms with van der Waals surface area (Å²) >= 11 is 5.01. The quantitative estimate of drug-likeness (QED) is 0.312. The summed E-state index contributed by atoms with van der Waals surface area (Å²) in [6.07, 6.45) is 4.66. The fourth-order valence-electron chi connectivity index (χ4n) is 1.60. The van der Waals surface area contributed by atoms with Crippen LogP contribution in [-0.2, 0) is 11.3 Å². The van der Waals surface area contributed by atoms with Gasteiger partial charge in [-0.25, -0.2) is 5.48 Å². The first-order valence-corrected chi connectivity index (χ1v) is 8.05. The maximum absolute atomic E-state index is 10.9. The maximum atomic E-state index is 10.9. The van der Waals surface area contributed by atoms with Crippen LogP contribution in [0.5, 0.6) is 0 Å². The highest BCUT2D eigenvalue weighted by Gasteiger charge is 1.95. The molecule has 2 aromatic rings. The Morgan fingerprint density at radius 1 is 1.36 bits per heavy atom. The van der Waals surface area contributed by atoms with E-state index in [2.05, 4.69) is 26.5 Å². The molecule has 0 radical (unpaired) electrons. The lowest BCUT2D eigenvalue weighted by Crippen LogP contribution is -2.14. The van der Waals surface area contributed by atoms with E-state index in [1.54, 1.807) is 29.1 Å². The summed E-state index contributed by atoms with van der Waals surface area (Å²) < 4.78 is 1.05. The van der Waals surface area contributed by atoms with Crippen molar-refractivity contribution >= 4 is 45.5 Å². The molecule has 2 rings (SSSR count). The molecule has 7 heteroatoms. The number of hydrogen-bond donors (Lipinski definition) is 3. The molecule has 0 spiro atoms. The van der Waals surface area contributed by atoms with Gasteiger partial charge in [0.1, 0.15) is 0 Å². The zero-order valence-electron chi connectivity index (χ0n) is 11.5. The van der Waals surface area contributed by atoms with Crippen LogP contribution in [0.1, 0.15) is 16.0 Å². The third-order valence-corrected chi connectivity index (χ3v) is 4.30. The van der Waals surface area contributed by atoms with Crippen LogP contribution in [0.2, 0.25) is 0 Å². The molecule has 5 nitrogen and oxygen atoms in total. The Hall–Kier alpha value is -1.96. The summed E-state index contributed by atoms with van der Waals surface area (Å²) in [6.45, 7) is 0.615. The highest BCUT2D eigenvalue weighted by atomic mass is 79.9. The minimum absolute atomic E-state index is 0.555. The van der Waals surface area contributed by atoms with Gasteiger partial charge in [-0.1, -0.05) is 24.3 Å². The van der Waals surface area contributed by atoms with E-state index in [0.29, 0.717) is 6.54 Å². The summed E-state index contributed by atoms with van der Waals surface area (Å²) in [5.41, 5.74) is 6.48. The molecule has 0 unspecified atom stereocenters. The summed E-state index contributed by atoms with van der Waals surface area (Å²) in [5.74, 6) is -0.555. The van der Waals surface area contributed by atoms with E-state index >= 15 is 0 Å². The number of thiophene rings is 1. The van der Waals surface area contributed by atoms with Crippen LogP contribution in [0.3, 0.4) is 0 Å². The minimum atomic E-state index is -0.555. The predicted molar refractivity (Wildman–Crippen MR) is 91.9 cm³/mol. The van der Waals surface area contributed by atoms with Crippen molar-refractivity contribution in [1.29, 1.82) is 0 Å². The van der Waals surface area contributed by atoms with Crippen LogP contribution < -0.4 is 10.9 Å². The number of hydroxylamine groups is 1. The van der Waals surface area contributed by atoms with Gasteiger partial charge < -0.3 is 5.43 Å². The highest BCUT2D eigenvalue weighted by Crippen LogP contribution is 2.17. The molecule has 3 N–H and O–H groups in total. The first-order chi connectivity index (χ1) is 10.7. The second-order valence-corrected chi connectivity index (χ2v) is 6.17. The Bertz CT molecular complexity index is 680. The SMILES string of the molecule is O=C(/C=C/c1ccc(CN/N=C/c2cc(Br)cs2)cc1)NO. The van der Waals surface area contributed by atoms with Crippen LogP contribution in [0.4, 0.5) is 0 Å². The smallest absolute Gasteiger partial charge is 0.267 e. The number of rotatable bonds is 6. The number of benzene rings is 1. The van der Waals surface area contributed by atoms with Crippen LogP contribution in [-0.4, -0.2) is 17.3 Å². The molecule has 1 amide bonds. The van der Waals surface area contributed by atoms with E-state index < -0.39 is 5.91 Å². The Labute approximate surface area is 140 Å². The van der Waals surface area contributed by atoms with Crippen molar-refractivity contribution in [3.8, 4) is 0 Å². The second-order valence-electron chi connectivity index (χ2n) is 4.31. The van der Waals surface area contributed by atoms with Gasteiger partial charge in [-0.05, 0) is 39.2 Å². The molecule has 0 fully saturated rings. The predicted octanol–water partition coefficient (Wildman–Crippen LogP) is 3.15. The third kappa shape index (κ3) is 5.44. The molecule has 0 bridgehead atoms. The van der Waals surface area contributed by atoms with Crippen molar-refractivity contribution in [2.24, 2.45) is 5.10 Å². The van der Waals surface area contributed by atoms with Gasteiger partial charge in [0.25, 0.3) is 5.91 Å². The van der Waals surface area contributed by atoms with Gasteiger partial charge in [0.05, 0.1) is 12.8 Å². The van der Waals surface area contributed by atoms with Gasteiger partial charge in [-0.15, -0.1) is 11.3 Å². The van der Waals surface area contributed by atoms with Crippen LogP contribution in [0, 0.1) is 0 Å². The van der Waals surface area contributed by atoms with Gasteiger partial charge in [0, 0.05) is 20.8 Å². The Balaban J connectivity index is 1.82. The maximum Gasteiger partial charge on any atom is 0.267 e. The Morgan fingerprint density at radius 2 is 2.14 bits per heavy atom. The van der Waals surface area contributed by atoms with Gasteiger partial charge in [-0.2, -0.15) is 5.10 Å². The van der Waals surface area contributed by atoms with Crippen molar-refractivity contribution in [1.82, 2.24) is 10.9 Å². The van der Waals surface area contributed by atoms with E-state index in [1.165, 1.54) is 6.08 Å². The summed E-state index contributed by atoms with van der Waals surface area (Å²) in [5, 5.41) is 14.6. The van der Waals surface area contributed by atoms with Gasteiger partial charge in [0.2, 0.25) is 0 Å². The number of halogens is 1. The first kappa shape index (κ1) is 16.4. The van der Waals surface area contributed by atoms with Crippen molar-refractivity contribution < 1.29 is 10.0 Å². The molecule has 114 valence electrons. The van der Waals surface area contributed by atoms with E-state index in [-0.39, 0.29) is 0 Å². The van der Waals surface area contributed by atoms with Crippen LogP contribution in [0.25, 0.3) is 6.08 Å². The largest absolute Gasteiger partial charge is 0.306 e. The normalized spacial score (nSPS) is 11.2. The lowest BCUT2D eigenvalue weighted by molar-refractivity contribution is -0.124. The molecular formula is C15H14BrN3O2S. The average Bonchev–Trinajstić information content (AvgIpc) is 2.95. The second kappa shape index (κ2) is 8.47. The molecule has 0 aliphatic carbocycles. The molecule has 0 atom stereocenters. The molecule has 0 aliphatic heterocycles. The van der Waals surface area contributed by atoms with E-state index in [0.717, 1.165) is 20.5 Å². The number of amides is 1. The zero-order chi connectivity index (χ0) is 15.8. The fraction of sp³-hybridized carbons (Fsp3) is 0.0667. The summed E-state index contributed by atoms with van der Waals surface area (Å²) in [7, 11) is 0. The lowest BCUT2D eigenvalue weighted by Gasteiger charge is -2.01. The summed E-state index contributed by atoms with van der Waals surface area (Å²) in [4.78, 5) is 11.9. The van der Waals surface area contributed by atoms with Crippen LogP contribution >= 0.6 is 27.3 Å². The van der Waals surface area contributed by atoms with E-state index in [1.807, 2.05) is 35.7 Å². The highest BCUT2D eigenvalue weighted by molar-refractivity contribution is 9.10. The molecular weight excluding hydrogens is 366 g/mol. The number of carbonyl (C=O) groups is 1. The van der Waals surface area contributed by atoms with Crippen molar-refractivity contribution in [2.75, 3.05) is 0 Å².